The maximum atomic E-state index is 12.9. The molecule has 4 heterocycles. The van der Waals surface area contributed by atoms with Crippen molar-refractivity contribution in [2.45, 2.75) is 43.9 Å². The SMILES string of the molecule is N#Cc1cc(-n2nc(Br)c3cnc(N[C@@H]4CC[C@@H](C(=O)NC5CCN(CC(F)(F)F)C5)C4)nc32)cc2cccnc12. The summed E-state index contributed by atoms with van der Waals surface area (Å²) >= 11 is 3.48. The van der Waals surface area contributed by atoms with Crippen molar-refractivity contribution < 1.29 is 18.0 Å². The average molecular weight is 628 g/mol. The van der Waals surface area contributed by atoms with Gasteiger partial charge in [-0.1, -0.05) is 6.07 Å². The number of carbonyl (C=O) groups is 1. The van der Waals surface area contributed by atoms with Crippen LogP contribution in [-0.2, 0) is 4.79 Å². The predicted octanol–water partition coefficient (Wildman–Crippen LogP) is 4.33. The second kappa shape index (κ2) is 10.9. The molecular weight excluding hydrogens is 603 g/mol. The van der Waals surface area contributed by atoms with E-state index in [9.17, 15) is 23.2 Å². The maximum absolute atomic E-state index is 12.9. The Morgan fingerprint density at radius 3 is 2.85 bits per heavy atom. The van der Waals surface area contributed by atoms with Crippen molar-refractivity contribution in [3.05, 3.63) is 46.8 Å². The molecule has 3 atom stereocenters. The number of hydrogen-bond acceptors (Lipinski definition) is 8. The molecule has 1 aliphatic heterocycles. The number of fused-ring (bicyclic) bond motifs is 2. The Hall–Kier alpha value is -3.83. The second-order valence-electron chi connectivity index (χ2n) is 10.5. The number of nitrogens with zero attached hydrogens (tertiary/aromatic N) is 7. The Morgan fingerprint density at radius 2 is 2.05 bits per heavy atom. The van der Waals surface area contributed by atoms with Gasteiger partial charge in [-0.15, -0.1) is 0 Å². The van der Waals surface area contributed by atoms with Gasteiger partial charge in [0, 0.05) is 48.9 Å². The van der Waals surface area contributed by atoms with Gasteiger partial charge in [-0.2, -0.15) is 28.5 Å². The van der Waals surface area contributed by atoms with E-state index in [1.807, 2.05) is 12.1 Å². The van der Waals surface area contributed by atoms with Crippen molar-refractivity contribution in [3.63, 3.8) is 0 Å². The van der Waals surface area contributed by atoms with Gasteiger partial charge in [-0.3, -0.25) is 14.7 Å². The first kappa shape index (κ1) is 27.3. The molecular formula is C27H25BrF3N9O. The monoisotopic (exact) mass is 627 g/mol. The van der Waals surface area contributed by atoms with Crippen LogP contribution >= 0.6 is 15.9 Å². The molecule has 2 fully saturated rings. The molecule has 6 rings (SSSR count). The molecule has 0 radical (unpaired) electrons. The van der Waals surface area contributed by atoms with Crippen LogP contribution in [0.25, 0.3) is 27.6 Å². The van der Waals surface area contributed by atoms with Crippen molar-refractivity contribution in [2.75, 3.05) is 25.0 Å². The zero-order chi connectivity index (χ0) is 28.7. The average Bonchev–Trinajstić information content (AvgIpc) is 3.66. The van der Waals surface area contributed by atoms with Crippen LogP contribution in [0.3, 0.4) is 0 Å². The number of carbonyl (C=O) groups excluding carboxylic acids is 1. The number of likely N-dealkylation sites (tertiary alicyclic amines) is 1. The molecule has 212 valence electrons. The highest BCUT2D eigenvalue weighted by molar-refractivity contribution is 9.10. The molecule has 3 aromatic heterocycles. The molecule has 0 bridgehead atoms. The predicted molar refractivity (Wildman–Crippen MR) is 148 cm³/mol. The summed E-state index contributed by atoms with van der Waals surface area (Å²) in [7, 11) is 0. The van der Waals surface area contributed by atoms with Gasteiger partial charge < -0.3 is 10.6 Å². The van der Waals surface area contributed by atoms with E-state index in [0.717, 1.165) is 11.8 Å². The van der Waals surface area contributed by atoms with E-state index in [0.29, 0.717) is 64.2 Å². The lowest BCUT2D eigenvalue weighted by Gasteiger charge is -2.19. The number of nitrogens with one attached hydrogen (secondary N) is 2. The summed E-state index contributed by atoms with van der Waals surface area (Å²) in [5, 5.41) is 22.0. The summed E-state index contributed by atoms with van der Waals surface area (Å²) in [6, 6.07) is 9.19. The molecule has 0 spiro atoms. The zero-order valence-corrected chi connectivity index (χ0v) is 23.3. The van der Waals surface area contributed by atoms with Gasteiger partial charge in [-0.25, -0.2) is 9.67 Å². The smallest absolute Gasteiger partial charge is 0.352 e. The van der Waals surface area contributed by atoms with Crippen molar-refractivity contribution >= 4 is 49.7 Å². The van der Waals surface area contributed by atoms with Crippen LogP contribution in [-0.4, -0.2) is 73.4 Å². The Morgan fingerprint density at radius 1 is 1.20 bits per heavy atom. The number of anilines is 1. The van der Waals surface area contributed by atoms with E-state index >= 15 is 0 Å². The lowest BCUT2D eigenvalue weighted by Crippen LogP contribution is -2.41. The van der Waals surface area contributed by atoms with Gasteiger partial charge in [0.05, 0.1) is 28.7 Å². The van der Waals surface area contributed by atoms with Gasteiger partial charge in [0.1, 0.15) is 10.7 Å². The summed E-state index contributed by atoms with van der Waals surface area (Å²) < 4.78 is 40.2. The maximum Gasteiger partial charge on any atom is 0.401 e. The number of aromatic nitrogens is 5. The molecule has 4 aromatic rings. The van der Waals surface area contributed by atoms with Crippen LogP contribution < -0.4 is 10.6 Å². The highest BCUT2D eigenvalue weighted by Crippen LogP contribution is 2.31. The first-order valence-electron chi connectivity index (χ1n) is 13.2. The minimum atomic E-state index is -4.24. The number of rotatable bonds is 6. The fourth-order valence-corrected chi connectivity index (χ4v) is 6.14. The fraction of sp³-hybridized carbons (Fsp3) is 0.407. The van der Waals surface area contributed by atoms with Crippen LogP contribution in [0.5, 0.6) is 0 Å². The summed E-state index contributed by atoms with van der Waals surface area (Å²) in [6.07, 6.45) is 1.54. The van der Waals surface area contributed by atoms with Crippen LogP contribution in [0.2, 0.25) is 0 Å². The number of nitriles is 1. The molecule has 1 aliphatic carbocycles. The van der Waals surface area contributed by atoms with E-state index < -0.39 is 12.7 Å². The van der Waals surface area contributed by atoms with Gasteiger partial charge in [0.15, 0.2) is 5.65 Å². The summed E-state index contributed by atoms with van der Waals surface area (Å²) in [6.45, 7) is -0.424. The third-order valence-corrected chi connectivity index (χ3v) is 8.18. The molecule has 1 unspecified atom stereocenters. The Balaban J connectivity index is 1.14. The first-order chi connectivity index (χ1) is 19.7. The van der Waals surface area contributed by atoms with Crippen molar-refractivity contribution in [1.82, 2.24) is 34.9 Å². The molecule has 1 saturated heterocycles. The topological polar surface area (TPSA) is 125 Å². The van der Waals surface area contributed by atoms with Gasteiger partial charge in [0.2, 0.25) is 11.9 Å². The highest BCUT2D eigenvalue weighted by Gasteiger charge is 2.36. The van der Waals surface area contributed by atoms with Gasteiger partial charge >= 0.3 is 6.18 Å². The minimum absolute atomic E-state index is 0.0368. The number of hydrogen-bond donors (Lipinski definition) is 2. The van der Waals surface area contributed by atoms with Crippen LogP contribution in [0.15, 0.2) is 41.3 Å². The number of amides is 1. The van der Waals surface area contributed by atoms with Crippen LogP contribution in [0.4, 0.5) is 19.1 Å². The van der Waals surface area contributed by atoms with E-state index in [2.05, 4.69) is 47.7 Å². The first-order valence-corrected chi connectivity index (χ1v) is 14.0. The second-order valence-corrected chi connectivity index (χ2v) is 11.3. The molecule has 1 amide bonds. The molecule has 2 aliphatic rings. The number of halogens is 4. The number of pyridine rings is 1. The third-order valence-electron chi connectivity index (χ3n) is 7.59. The third kappa shape index (κ3) is 5.82. The molecule has 1 aromatic carbocycles. The van der Waals surface area contributed by atoms with Gasteiger partial charge in [0.25, 0.3) is 0 Å². The van der Waals surface area contributed by atoms with E-state index in [1.54, 1.807) is 29.2 Å². The number of benzene rings is 1. The lowest BCUT2D eigenvalue weighted by atomic mass is 10.1. The van der Waals surface area contributed by atoms with E-state index in [1.165, 1.54) is 4.90 Å². The molecule has 41 heavy (non-hydrogen) atoms. The Labute approximate surface area is 241 Å². The normalized spacial score (nSPS) is 21.4. The Kier molecular flexibility index (Phi) is 7.25. The van der Waals surface area contributed by atoms with Crippen LogP contribution in [0.1, 0.15) is 31.2 Å². The number of alkyl halides is 3. The molecule has 1 saturated carbocycles. The minimum Gasteiger partial charge on any atom is -0.352 e. The molecule has 14 heteroatoms. The summed E-state index contributed by atoms with van der Waals surface area (Å²) in [5.41, 5.74) is 2.23. The standard InChI is InChI=1S/C27H25BrF3N9O/c28-23-21-12-34-26(37-24(21)40(38-23)20-9-15-2-1-6-33-22(15)17(10-20)11-32)36-18-4-3-16(8-18)25(41)35-19-5-7-39(13-19)14-27(29,30)31/h1-2,6,9-10,12,16,18-19H,3-5,7-8,13-14H2,(H,35,41)(H,34,36,37)/t16-,18-,19?/m1/s1. The summed E-state index contributed by atoms with van der Waals surface area (Å²) in [4.78, 5) is 27.7. The van der Waals surface area contributed by atoms with E-state index in [4.69, 9.17) is 4.98 Å². The quantitative estimate of drug-likeness (QED) is 0.324. The fourth-order valence-electron chi connectivity index (χ4n) is 5.70. The summed E-state index contributed by atoms with van der Waals surface area (Å²) in [5.74, 6) is 0.0348. The zero-order valence-electron chi connectivity index (χ0n) is 21.7. The van der Waals surface area contributed by atoms with Crippen molar-refractivity contribution in [3.8, 4) is 11.8 Å². The van der Waals surface area contributed by atoms with Crippen molar-refractivity contribution in [2.24, 2.45) is 5.92 Å². The molecule has 2 N–H and O–H groups in total. The molecule has 10 nitrogen and oxygen atoms in total. The van der Waals surface area contributed by atoms with Gasteiger partial charge in [-0.05, 0) is 59.8 Å². The van der Waals surface area contributed by atoms with E-state index in [-0.39, 0.29) is 30.5 Å². The Bertz CT molecular complexity index is 1670. The lowest BCUT2D eigenvalue weighted by molar-refractivity contribution is -0.143. The highest BCUT2D eigenvalue weighted by atomic mass is 79.9. The largest absolute Gasteiger partial charge is 0.401 e. The van der Waals surface area contributed by atoms with Crippen molar-refractivity contribution in [1.29, 1.82) is 5.26 Å². The van der Waals surface area contributed by atoms with Crippen LogP contribution in [0, 0.1) is 17.2 Å².